The first-order valence-corrected chi connectivity index (χ1v) is 7.72. The van der Waals surface area contributed by atoms with Gasteiger partial charge in [0, 0.05) is 44.2 Å². The third-order valence-corrected chi connectivity index (χ3v) is 5.11. The molecule has 0 bridgehead atoms. The molecular formula is C16H31NO2. The summed E-state index contributed by atoms with van der Waals surface area (Å²) in [6.45, 7) is 12.2. The summed E-state index contributed by atoms with van der Waals surface area (Å²) in [5.41, 5.74) is 0.578. The van der Waals surface area contributed by atoms with Gasteiger partial charge in [-0.15, -0.1) is 0 Å². The molecule has 2 aliphatic rings. The number of ether oxygens (including phenoxy) is 2. The van der Waals surface area contributed by atoms with E-state index in [1.54, 1.807) is 7.11 Å². The molecular weight excluding hydrogens is 238 g/mol. The smallest absolute Gasteiger partial charge is 0.0684 e. The highest BCUT2D eigenvalue weighted by Gasteiger charge is 2.57. The number of fused-ring (bicyclic) bond motifs is 1. The highest BCUT2D eigenvalue weighted by atomic mass is 16.5. The molecule has 3 nitrogen and oxygen atoms in total. The molecule has 0 radical (unpaired) electrons. The summed E-state index contributed by atoms with van der Waals surface area (Å²) >= 11 is 0. The maximum atomic E-state index is 5.96. The van der Waals surface area contributed by atoms with Crippen LogP contribution in [0.1, 0.15) is 47.0 Å². The van der Waals surface area contributed by atoms with Crippen LogP contribution in [0.3, 0.4) is 0 Å². The lowest BCUT2D eigenvalue weighted by molar-refractivity contribution is -0.193. The summed E-state index contributed by atoms with van der Waals surface area (Å²) in [6, 6.07) is 0.611. The van der Waals surface area contributed by atoms with Gasteiger partial charge in [0.15, 0.2) is 0 Å². The summed E-state index contributed by atoms with van der Waals surface area (Å²) < 4.78 is 11.2. The topological polar surface area (TPSA) is 30.5 Å². The molecule has 0 aromatic rings. The highest BCUT2D eigenvalue weighted by molar-refractivity contribution is 5.10. The van der Waals surface area contributed by atoms with Gasteiger partial charge in [-0.05, 0) is 24.7 Å². The van der Waals surface area contributed by atoms with Gasteiger partial charge in [0.2, 0.25) is 0 Å². The molecule has 1 heterocycles. The number of hydrogen-bond donors (Lipinski definition) is 1. The van der Waals surface area contributed by atoms with Gasteiger partial charge in [0.1, 0.15) is 0 Å². The monoisotopic (exact) mass is 269 g/mol. The fourth-order valence-corrected chi connectivity index (χ4v) is 3.79. The second-order valence-electron chi connectivity index (χ2n) is 7.68. The van der Waals surface area contributed by atoms with Gasteiger partial charge >= 0.3 is 0 Å². The predicted octanol–water partition coefficient (Wildman–Crippen LogP) is 2.84. The minimum atomic E-state index is 0.280. The van der Waals surface area contributed by atoms with E-state index in [0.717, 1.165) is 32.1 Å². The van der Waals surface area contributed by atoms with Crippen molar-refractivity contribution >= 4 is 0 Å². The van der Waals surface area contributed by atoms with Gasteiger partial charge < -0.3 is 14.8 Å². The Balaban J connectivity index is 1.85. The average Bonchev–Trinajstić information content (AvgIpc) is 2.36. The molecule has 0 amide bonds. The van der Waals surface area contributed by atoms with Crippen molar-refractivity contribution in [3.05, 3.63) is 0 Å². The van der Waals surface area contributed by atoms with Crippen LogP contribution in [0.25, 0.3) is 0 Å². The lowest BCUT2D eigenvalue weighted by atomic mass is 9.55. The van der Waals surface area contributed by atoms with E-state index in [1.807, 2.05) is 0 Å². The lowest BCUT2D eigenvalue weighted by Gasteiger charge is -2.60. The Morgan fingerprint density at radius 1 is 1.37 bits per heavy atom. The number of hydrogen-bond acceptors (Lipinski definition) is 3. The van der Waals surface area contributed by atoms with Gasteiger partial charge in [0.25, 0.3) is 0 Å². The molecule has 3 heteroatoms. The molecule has 2 fully saturated rings. The van der Waals surface area contributed by atoms with E-state index in [-0.39, 0.29) is 5.41 Å². The van der Waals surface area contributed by atoms with Crippen LogP contribution in [0.2, 0.25) is 0 Å². The van der Waals surface area contributed by atoms with E-state index in [4.69, 9.17) is 9.47 Å². The van der Waals surface area contributed by atoms with Crippen molar-refractivity contribution in [1.82, 2.24) is 5.32 Å². The van der Waals surface area contributed by atoms with Crippen LogP contribution in [0.15, 0.2) is 0 Å². The van der Waals surface area contributed by atoms with Crippen molar-refractivity contribution in [1.29, 1.82) is 0 Å². The van der Waals surface area contributed by atoms with Crippen molar-refractivity contribution in [2.75, 3.05) is 26.9 Å². The van der Waals surface area contributed by atoms with E-state index >= 15 is 0 Å². The zero-order chi connectivity index (χ0) is 14.1. The van der Waals surface area contributed by atoms with E-state index in [0.29, 0.717) is 17.6 Å². The van der Waals surface area contributed by atoms with Crippen LogP contribution in [0.4, 0.5) is 0 Å². The molecule has 1 aliphatic heterocycles. The standard InChI is InChI=1S/C16H31NO2/c1-15(2,8-10-18-5)11-17-13-12-7-6-9-19-14(12)16(13,3)4/h12-14,17H,6-11H2,1-5H3. The number of nitrogens with one attached hydrogen (secondary N) is 1. The van der Waals surface area contributed by atoms with Gasteiger partial charge in [0.05, 0.1) is 6.10 Å². The Morgan fingerprint density at radius 3 is 2.79 bits per heavy atom. The molecule has 0 spiro atoms. The largest absolute Gasteiger partial charge is 0.385 e. The summed E-state index contributed by atoms with van der Waals surface area (Å²) in [5.74, 6) is 0.724. The highest BCUT2D eigenvalue weighted by Crippen LogP contribution is 2.51. The molecule has 1 N–H and O–H groups in total. The molecule has 112 valence electrons. The molecule has 2 rings (SSSR count). The minimum Gasteiger partial charge on any atom is -0.385 e. The Hall–Kier alpha value is -0.120. The molecule has 3 unspecified atom stereocenters. The number of methoxy groups -OCH3 is 1. The van der Waals surface area contributed by atoms with Gasteiger partial charge in [-0.3, -0.25) is 0 Å². The van der Waals surface area contributed by atoms with Crippen LogP contribution >= 0.6 is 0 Å². The van der Waals surface area contributed by atoms with Gasteiger partial charge in [-0.2, -0.15) is 0 Å². The maximum Gasteiger partial charge on any atom is 0.0684 e. The van der Waals surface area contributed by atoms with Crippen LogP contribution in [0.5, 0.6) is 0 Å². The van der Waals surface area contributed by atoms with E-state index < -0.39 is 0 Å². The van der Waals surface area contributed by atoms with Crippen molar-refractivity contribution in [3.63, 3.8) is 0 Å². The molecule has 1 aliphatic carbocycles. The first-order valence-electron chi connectivity index (χ1n) is 7.72. The average molecular weight is 269 g/mol. The third-order valence-electron chi connectivity index (χ3n) is 5.11. The Bertz CT molecular complexity index is 301. The lowest BCUT2D eigenvalue weighted by Crippen LogP contribution is -2.69. The Kier molecular flexibility index (Phi) is 4.59. The zero-order valence-corrected chi connectivity index (χ0v) is 13.3. The second kappa shape index (κ2) is 5.71. The summed E-state index contributed by atoms with van der Waals surface area (Å²) in [5, 5.41) is 3.82. The Labute approximate surface area is 118 Å². The van der Waals surface area contributed by atoms with Crippen LogP contribution in [-0.2, 0) is 9.47 Å². The van der Waals surface area contributed by atoms with E-state index in [1.165, 1.54) is 12.8 Å². The third kappa shape index (κ3) is 3.14. The maximum absolute atomic E-state index is 5.96. The first-order chi connectivity index (χ1) is 8.88. The normalized spacial score (nSPS) is 33.6. The molecule has 1 saturated heterocycles. The second-order valence-corrected chi connectivity index (χ2v) is 7.68. The van der Waals surface area contributed by atoms with Crippen LogP contribution < -0.4 is 5.32 Å². The van der Waals surface area contributed by atoms with E-state index in [9.17, 15) is 0 Å². The van der Waals surface area contributed by atoms with Crippen LogP contribution in [0, 0.1) is 16.7 Å². The molecule has 0 aromatic heterocycles. The Morgan fingerprint density at radius 2 is 2.11 bits per heavy atom. The van der Waals surface area contributed by atoms with Crippen molar-refractivity contribution in [2.24, 2.45) is 16.7 Å². The molecule has 3 atom stereocenters. The van der Waals surface area contributed by atoms with E-state index in [2.05, 4.69) is 33.0 Å². The fourth-order valence-electron chi connectivity index (χ4n) is 3.79. The molecule has 19 heavy (non-hydrogen) atoms. The van der Waals surface area contributed by atoms with Gasteiger partial charge in [-0.1, -0.05) is 27.7 Å². The first kappa shape index (κ1) is 15.3. The van der Waals surface area contributed by atoms with Crippen molar-refractivity contribution < 1.29 is 9.47 Å². The minimum absolute atomic E-state index is 0.280. The molecule has 0 aromatic carbocycles. The van der Waals surface area contributed by atoms with Gasteiger partial charge in [-0.25, -0.2) is 0 Å². The molecule has 1 saturated carbocycles. The fraction of sp³-hybridized carbons (Fsp3) is 1.00. The predicted molar refractivity (Wildman–Crippen MR) is 78.3 cm³/mol. The summed E-state index contributed by atoms with van der Waals surface area (Å²) in [7, 11) is 1.78. The quantitative estimate of drug-likeness (QED) is 0.804. The van der Waals surface area contributed by atoms with Crippen molar-refractivity contribution in [3.8, 4) is 0 Å². The SMILES string of the molecule is COCCC(C)(C)CNC1C2CCCOC2C1(C)C. The zero-order valence-electron chi connectivity index (χ0n) is 13.3. The van der Waals surface area contributed by atoms with Crippen LogP contribution in [-0.4, -0.2) is 39.0 Å². The summed E-state index contributed by atoms with van der Waals surface area (Å²) in [4.78, 5) is 0. The number of rotatable bonds is 6. The van der Waals surface area contributed by atoms with Crippen molar-refractivity contribution in [2.45, 2.75) is 59.1 Å². The summed E-state index contributed by atoms with van der Waals surface area (Å²) in [6.07, 6.45) is 4.13.